The van der Waals surface area contributed by atoms with Gasteiger partial charge in [-0.3, -0.25) is 9.59 Å². The number of hydrogen-bond donors (Lipinski definition) is 3. The lowest BCUT2D eigenvalue weighted by molar-refractivity contribution is -0.117. The quantitative estimate of drug-likeness (QED) is 0.522. The lowest BCUT2D eigenvalue weighted by Crippen LogP contribution is -2.36. The second-order valence-electron chi connectivity index (χ2n) is 6.43. The summed E-state index contributed by atoms with van der Waals surface area (Å²) in [5.41, 5.74) is 2.17. The summed E-state index contributed by atoms with van der Waals surface area (Å²) in [4.78, 5) is 25.2. The number of aliphatic hydroxyl groups excluding tert-OH is 1. The van der Waals surface area contributed by atoms with Gasteiger partial charge in [-0.1, -0.05) is 23.8 Å². The highest BCUT2D eigenvalue weighted by atomic mass is 16.5. The molecule has 0 aromatic heterocycles. The number of aryl methyl sites for hydroxylation is 1. The van der Waals surface area contributed by atoms with E-state index in [4.69, 9.17) is 14.6 Å². The summed E-state index contributed by atoms with van der Waals surface area (Å²) < 4.78 is 11.2. The second kappa shape index (κ2) is 11.6. The molecule has 0 saturated heterocycles. The Bertz CT molecular complexity index is 891. The zero-order chi connectivity index (χ0) is 21.9. The van der Waals surface area contributed by atoms with E-state index in [9.17, 15) is 9.59 Å². The standard InChI is InChI=1S/C23H28N2O5/c1-4-29-20-11-8-17(15-21(20)30-5-2)14-19(23(28)24-12-13-26)25-22(27)18-9-6-16(3)7-10-18/h6-11,14-15,26H,4-5,12-13H2,1-3H3,(H,24,28)(H,25,27). The van der Waals surface area contributed by atoms with Gasteiger partial charge >= 0.3 is 0 Å². The first kappa shape index (κ1) is 23.0. The summed E-state index contributed by atoms with van der Waals surface area (Å²) in [6.45, 7) is 6.50. The first-order chi connectivity index (χ1) is 14.5. The molecule has 2 aromatic carbocycles. The molecule has 160 valence electrons. The SMILES string of the molecule is CCOc1ccc(C=C(NC(=O)c2ccc(C)cc2)C(=O)NCCO)cc1OCC. The van der Waals surface area contributed by atoms with Crippen molar-refractivity contribution in [2.45, 2.75) is 20.8 Å². The summed E-state index contributed by atoms with van der Waals surface area (Å²) in [6.07, 6.45) is 1.55. The average molecular weight is 412 g/mol. The fraction of sp³-hybridized carbons (Fsp3) is 0.304. The van der Waals surface area contributed by atoms with Crippen LogP contribution in [0.3, 0.4) is 0 Å². The highest BCUT2D eigenvalue weighted by Crippen LogP contribution is 2.29. The highest BCUT2D eigenvalue weighted by Gasteiger charge is 2.15. The van der Waals surface area contributed by atoms with E-state index in [2.05, 4.69) is 10.6 Å². The summed E-state index contributed by atoms with van der Waals surface area (Å²) in [5.74, 6) is 0.243. The largest absolute Gasteiger partial charge is 0.490 e. The van der Waals surface area contributed by atoms with Gasteiger partial charge in [0.1, 0.15) is 5.70 Å². The molecule has 2 amide bonds. The molecule has 0 spiro atoms. The summed E-state index contributed by atoms with van der Waals surface area (Å²) in [5, 5.41) is 14.2. The summed E-state index contributed by atoms with van der Waals surface area (Å²) in [6, 6.07) is 12.3. The van der Waals surface area contributed by atoms with Gasteiger partial charge in [-0.05, 0) is 56.7 Å². The van der Waals surface area contributed by atoms with Crippen LogP contribution in [0.15, 0.2) is 48.2 Å². The molecule has 0 radical (unpaired) electrons. The molecular formula is C23H28N2O5. The van der Waals surface area contributed by atoms with Crippen molar-refractivity contribution in [2.75, 3.05) is 26.4 Å². The maximum absolute atomic E-state index is 12.6. The molecule has 0 aliphatic rings. The van der Waals surface area contributed by atoms with E-state index in [0.717, 1.165) is 5.56 Å². The van der Waals surface area contributed by atoms with Gasteiger partial charge in [0, 0.05) is 12.1 Å². The first-order valence-electron chi connectivity index (χ1n) is 9.86. The molecular weight excluding hydrogens is 384 g/mol. The Kier molecular flexibility index (Phi) is 8.90. The van der Waals surface area contributed by atoms with Crippen LogP contribution in [0.5, 0.6) is 11.5 Å². The molecule has 0 heterocycles. The molecule has 0 atom stereocenters. The Labute approximate surface area is 176 Å². The maximum atomic E-state index is 12.6. The predicted octanol–water partition coefficient (Wildman–Crippen LogP) is 2.67. The maximum Gasteiger partial charge on any atom is 0.267 e. The van der Waals surface area contributed by atoms with E-state index < -0.39 is 11.8 Å². The van der Waals surface area contributed by atoms with Crippen LogP contribution in [-0.2, 0) is 4.79 Å². The third kappa shape index (κ3) is 6.63. The van der Waals surface area contributed by atoms with Crippen LogP contribution in [0, 0.1) is 6.92 Å². The molecule has 7 nitrogen and oxygen atoms in total. The van der Waals surface area contributed by atoms with Crippen molar-refractivity contribution in [2.24, 2.45) is 0 Å². The number of benzene rings is 2. The van der Waals surface area contributed by atoms with Gasteiger partial charge in [0.15, 0.2) is 11.5 Å². The molecule has 0 aliphatic carbocycles. The third-order valence-corrected chi connectivity index (χ3v) is 4.08. The number of nitrogens with one attached hydrogen (secondary N) is 2. The van der Waals surface area contributed by atoms with E-state index >= 15 is 0 Å². The van der Waals surface area contributed by atoms with E-state index in [1.165, 1.54) is 0 Å². The fourth-order valence-corrected chi connectivity index (χ4v) is 2.65. The predicted molar refractivity (Wildman–Crippen MR) is 115 cm³/mol. The van der Waals surface area contributed by atoms with Crippen LogP contribution in [0.2, 0.25) is 0 Å². The van der Waals surface area contributed by atoms with Crippen molar-refractivity contribution < 1.29 is 24.2 Å². The minimum Gasteiger partial charge on any atom is -0.490 e. The van der Waals surface area contributed by atoms with Crippen molar-refractivity contribution in [3.63, 3.8) is 0 Å². The fourth-order valence-electron chi connectivity index (χ4n) is 2.65. The van der Waals surface area contributed by atoms with Crippen molar-refractivity contribution in [3.8, 4) is 11.5 Å². The van der Waals surface area contributed by atoms with Gasteiger partial charge < -0.3 is 25.2 Å². The van der Waals surface area contributed by atoms with Crippen molar-refractivity contribution in [1.82, 2.24) is 10.6 Å². The van der Waals surface area contributed by atoms with Gasteiger partial charge in [-0.25, -0.2) is 0 Å². The molecule has 7 heteroatoms. The first-order valence-corrected chi connectivity index (χ1v) is 9.86. The minimum absolute atomic E-state index is 0.0561. The van der Waals surface area contributed by atoms with Crippen LogP contribution in [0.4, 0.5) is 0 Å². The van der Waals surface area contributed by atoms with Crippen molar-refractivity contribution in [3.05, 3.63) is 64.9 Å². The lowest BCUT2D eigenvalue weighted by Gasteiger charge is -2.13. The Morgan fingerprint density at radius 3 is 2.30 bits per heavy atom. The Morgan fingerprint density at radius 1 is 1.00 bits per heavy atom. The molecule has 2 aromatic rings. The molecule has 2 rings (SSSR count). The van der Waals surface area contributed by atoms with Crippen LogP contribution >= 0.6 is 0 Å². The van der Waals surface area contributed by atoms with E-state index in [0.29, 0.717) is 35.8 Å². The Hall–Kier alpha value is -3.32. The lowest BCUT2D eigenvalue weighted by atomic mass is 10.1. The van der Waals surface area contributed by atoms with E-state index in [-0.39, 0.29) is 18.8 Å². The number of carbonyl (C=O) groups is 2. The van der Waals surface area contributed by atoms with Crippen LogP contribution in [0.25, 0.3) is 6.08 Å². The number of rotatable bonds is 10. The number of aliphatic hydroxyl groups is 1. The average Bonchev–Trinajstić information content (AvgIpc) is 2.74. The van der Waals surface area contributed by atoms with E-state index in [1.54, 1.807) is 36.4 Å². The summed E-state index contributed by atoms with van der Waals surface area (Å²) >= 11 is 0. The highest BCUT2D eigenvalue weighted by molar-refractivity contribution is 6.05. The number of carbonyl (C=O) groups excluding carboxylic acids is 2. The molecule has 0 saturated carbocycles. The third-order valence-electron chi connectivity index (χ3n) is 4.08. The smallest absolute Gasteiger partial charge is 0.267 e. The molecule has 0 aliphatic heterocycles. The van der Waals surface area contributed by atoms with Crippen molar-refractivity contribution >= 4 is 17.9 Å². The molecule has 0 fully saturated rings. The minimum atomic E-state index is -0.503. The second-order valence-corrected chi connectivity index (χ2v) is 6.43. The Morgan fingerprint density at radius 2 is 1.67 bits per heavy atom. The van der Waals surface area contributed by atoms with Crippen LogP contribution in [0.1, 0.15) is 35.3 Å². The van der Waals surface area contributed by atoms with Gasteiger partial charge in [-0.15, -0.1) is 0 Å². The van der Waals surface area contributed by atoms with Gasteiger partial charge in [0.2, 0.25) is 0 Å². The van der Waals surface area contributed by atoms with Crippen LogP contribution in [-0.4, -0.2) is 43.3 Å². The zero-order valence-corrected chi connectivity index (χ0v) is 17.5. The van der Waals surface area contributed by atoms with Crippen LogP contribution < -0.4 is 20.1 Å². The topological polar surface area (TPSA) is 96.9 Å². The zero-order valence-electron chi connectivity index (χ0n) is 17.5. The van der Waals surface area contributed by atoms with E-state index in [1.807, 2.05) is 32.9 Å². The van der Waals surface area contributed by atoms with Gasteiger partial charge in [0.25, 0.3) is 11.8 Å². The molecule has 30 heavy (non-hydrogen) atoms. The normalized spacial score (nSPS) is 11.0. The number of amides is 2. The van der Waals surface area contributed by atoms with Gasteiger partial charge in [-0.2, -0.15) is 0 Å². The molecule has 0 unspecified atom stereocenters. The summed E-state index contributed by atoms with van der Waals surface area (Å²) in [7, 11) is 0. The Balaban J connectivity index is 2.34. The molecule has 0 bridgehead atoms. The molecule has 3 N–H and O–H groups in total. The number of hydrogen-bond acceptors (Lipinski definition) is 5. The van der Waals surface area contributed by atoms with Crippen molar-refractivity contribution in [1.29, 1.82) is 0 Å². The monoisotopic (exact) mass is 412 g/mol. The van der Waals surface area contributed by atoms with Gasteiger partial charge in [0.05, 0.1) is 19.8 Å². The number of ether oxygens (including phenoxy) is 2.